The van der Waals surface area contributed by atoms with Crippen LogP contribution in [-0.2, 0) is 25.4 Å². The lowest BCUT2D eigenvalue weighted by Gasteiger charge is -2.61. The molecule has 6 heterocycles. The molecule has 3 aliphatic heterocycles. The molecule has 3 fully saturated rings. The minimum atomic E-state index is -0.463. The van der Waals surface area contributed by atoms with Gasteiger partial charge in [0.25, 0.3) is 0 Å². The average molecular weight is 910 g/mol. The maximum atomic E-state index is 12.5. The number of fused-ring (bicyclic) bond motifs is 3. The number of hydrogen-bond acceptors (Lipinski definition) is 12. The summed E-state index contributed by atoms with van der Waals surface area (Å²) in [4.78, 5) is 45.6. The highest BCUT2D eigenvalue weighted by molar-refractivity contribution is 5.86. The lowest BCUT2D eigenvalue weighted by molar-refractivity contribution is -0.870. The molecule has 1 aliphatic carbocycles. The predicted octanol–water partition coefficient (Wildman–Crippen LogP) is 6.61. The molecular weight excluding hydrogens is 837 g/mol. The molecule has 4 aromatic rings. The molecule has 358 valence electrons. The molecule has 2 amide bonds. The summed E-state index contributed by atoms with van der Waals surface area (Å²) in [7, 11) is 6.41. The number of anilines is 1. The number of ether oxygens (including phenoxy) is 3. The number of aromatic nitrogens is 5. The lowest BCUT2D eigenvalue weighted by atomic mass is 9.60. The summed E-state index contributed by atoms with van der Waals surface area (Å²) in [5, 5.41) is 23.9. The van der Waals surface area contributed by atoms with Gasteiger partial charge >= 0.3 is 6.09 Å². The summed E-state index contributed by atoms with van der Waals surface area (Å²) in [5.41, 5.74) is 5.36. The van der Waals surface area contributed by atoms with E-state index >= 15 is 0 Å². The van der Waals surface area contributed by atoms with Gasteiger partial charge in [0.05, 0.1) is 59.3 Å². The van der Waals surface area contributed by atoms with Crippen LogP contribution in [0.2, 0.25) is 0 Å². The highest BCUT2D eigenvalue weighted by atomic mass is 16.6. The van der Waals surface area contributed by atoms with E-state index in [1.165, 1.54) is 11.1 Å². The third-order valence-corrected chi connectivity index (χ3v) is 13.9. The molecule has 1 spiro atoms. The van der Waals surface area contributed by atoms with Crippen LogP contribution in [0.3, 0.4) is 0 Å². The van der Waals surface area contributed by atoms with Crippen molar-refractivity contribution in [3.8, 4) is 17.0 Å². The molecule has 1 unspecified atom stereocenters. The Kier molecular flexibility index (Phi) is 14.8. The molecule has 1 atom stereocenters. The standard InChI is InChI=1S/C50H72N10O6/c1-49(2,3)66-48(63)58-33-50(34-58)29-37(30-50)57-20-15-35(16-21-57)36-31-52-47(53-32-36)59-22-17-40-45(39-28-41(55-56-46(39)54-40)38-12-9-10-14-43(38)61)42(59)13-8-7-11-19-51-44(62)18-24-64-26-27-65-25-23-60(4,5)6/h9-10,12,14,28,31-32,35,37,42H,7-8,11,13,15-27,29-30,33-34H2,1-6H3,(H2-,51,54,55,56,61,62)/p+1. The third-order valence-electron chi connectivity index (χ3n) is 13.9. The Morgan fingerprint density at radius 1 is 0.939 bits per heavy atom. The number of quaternary nitrogens is 1. The zero-order valence-electron chi connectivity index (χ0n) is 40.2. The fourth-order valence-electron chi connectivity index (χ4n) is 10.3. The number of carbonyl (C=O) groups is 2. The number of carbonyl (C=O) groups excluding carboxylic acids is 2. The molecule has 16 nitrogen and oxygen atoms in total. The minimum Gasteiger partial charge on any atom is -0.507 e. The van der Waals surface area contributed by atoms with E-state index in [4.69, 9.17) is 24.2 Å². The SMILES string of the molecule is CC(C)(C)OC(=O)N1CC2(CC(N3CCC(c4cnc(N5CCc6[nH]c7nnc(-c8ccccc8O)cc7c6C5CCCCCNC(=O)CCOCCOCC[N+](C)(C)C)nc4)CC3)C2)C1. The number of unbranched alkanes of at least 4 members (excludes halogenated alkanes) is 2. The maximum absolute atomic E-state index is 12.5. The third kappa shape index (κ3) is 11.8. The topological polar surface area (TPSA) is 171 Å². The molecule has 3 aromatic heterocycles. The number of phenols is 1. The van der Waals surface area contributed by atoms with Crippen molar-refractivity contribution in [1.82, 2.24) is 40.3 Å². The molecule has 0 bridgehead atoms. The maximum Gasteiger partial charge on any atom is 0.410 e. The number of para-hydroxylation sites is 1. The number of likely N-dealkylation sites (N-methyl/N-ethyl adjacent to an activating group) is 1. The predicted molar refractivity (Wildman–Crippen MR) is 254 cm³/mol. The number of hydrogen-bond donors (Lipinski definition) is 3. The number of piperidine rings is 1. The van der Waals surface area contributed by atoms with Crippen molar-refractivity contribution >= 4 is 29.0 Å². The number of likely N-dealkylation sites (tertiary alicyclic amines) is 2. The van der Waals surface area contributed by atoms with Crippen LogP contribution in [0.4, 0.5) is 10.7 Å². The van der Waals surface area contributed by atoms with Crippen LogP contribution in [-0.4, -0.2) is 162 Å². The number of phenolic OH excluding ortho intramolecular Hbond substituents is 1. The van der Waals surface area contributed by atoms with Crippen molar-refractivity contribution < 1.29 is 33.4 Å². The van der Waals surface area contributed by atoms with Crippen molar-refractivity contribution in [2.75, 3.05) is 98.3 Å². The fraction of sp³-hybridized carbons (Fsp3) is 0.640. The Morgan fingerprint density at radius 2 is 1.67 bits per heavy atom. The number of nitrogens with zero attached hydrogens (tertiary/aromatic N) is 8. The van der Waals surface area contributed by atoms with Crippen LogP contribution in [0, 0.1) is 5.41 Å². The van der Waals surface area contributed by atoms with Gasteiger partial charge in [-0.25, -0.2) is 14.8 Å². The average Bonchev–Trinajstić information content (AvgIpc) is 3.62. The molecule has 8 rings (SSSR count). The first-order valence-corrected chi connectivity index (χ1v) is 24.3. The van der Waals surface area contributed by atoms with Crippen molar-refractivity contribution in [2.24, 2.45) is 5.41 Å². The molecule has 0 radical (unpaired) electrons. The van der Waals surface area contributed by atoms with Crippen molar-refractivity contribution in [2.45, 2.75) is 109 Å². The lowest BCUT2D eigenvalue weighted by Crippen LogP contribution is -2.68. The second kappa shape index (κ2) is 20.5. The first-order chi connectivity index (χ1) is 31.6. The van der Waals surface area contributed by atoms with Gasteiger partial charge in [0.1, 0.15) is 17.9 Å². The van der Waals surface area contributed by atoms with E-state index in [1.807, 2.05) is 43.9 Å². The second-order valence-corrected chi connectivity index (χ2v) is 21.2. The Labute approximate surface area is 390 Å². The number of aromatic amines is 1. The van der Waals surface area contributed by atoms with Gasteiger partial charge in [0.15, 0.2) is 5.65 Å². The van der Waals surface area contributed by atoms with E-state index in [0.29, 0.717) is 62.6 Å². The Balaban J connectivity index is 0.851. The minimum absolute atomic E-state index is 0.00101. The highest BCUT2D eigenvalue weighted by Crippen LogP contribution is 2.51. The number of nitrogens with one attached hydrogen (secondary N) is 2. The summed E-state index contributed by atoms with van der Waals surface area (Å²) in [6, 6.07) is 9.88. The van der Waals surface area contributed by atoms with E-state index in [9.17, 15) is 14.7 Å². The molecule has 3 N–H and O–H groups in total. The molecular formula is C50H73N10O6+. The zero-order chi connectivity index (χ0) is 46.5. The molecule has 66 heavy (non-hydrogen) atoms. The van der Waals surface area contributed by atoms with Gasteiger partial charge in [0, 0.05) is 85.1 Å². The van der Waals surface area contributed by atoms with Crippen LogP contribution in [0.1, 0.15) is 107 Å². The van der Waals surface area contributed by atoms with Gasteiger partial charge in [0.2, 0.25) is 11.9 Å². The highest BCUT2D eigenvalue weighted by Gasteiger charge is 2.55. The van der Waals surface area contributed by atoms with Gasteiger partial charge in [-0.05, 0) is 102 Å². The number of amides is 2. The van der Waals surface area contributed by atoms with Gasteiger partial charge < -0.3 is 48.8 Å². The van der Waals surface area contributed by atoms with Crippen LogP contribution >= 0.6 is 0 Å². The normalized spacial score (nSPS) is 19.2. The van der Waals surface area contributed by atoms with E-state index in [1.54, 1.807) is 12.1 Å². The van der Waals surface area contributed by atoms with E-state index in [2.05, 4.69) is 63.8 Å². The van der Waals surface area contributed by atoms with Crippen LogP contribution in [0.25, 0.3) is 22.3 Å². The summed E-state index contributed by atoms with van der Waals surface area (Å²) < 4.78 is 17.7. The van der Waals surface area contributed by atoms with Crippen LogP contribution in [0.15, 0.2) is 42.7 Å². The zero-order valence-corrected chi connectivity index (χ0v) is 40.2. The number of aromatic hydroxyl groups is 1. The second-order valence-electron chi connectivity index (χ2n) is 21.2. The number of rotatable bonds is 19. The molecule has 1 saturated carbocycles. The van der Waals surface area contributed by atoms with Crippen molar-refractivity contribution in [3.05, 3.63) is 59.5 Å². The monoisotopic (exact) mass is 910 g/mol. The van der Waals surface area contributed by atoms with Crippen molar-refractivity contribution in [3.63, 3.8) is 0 Å². The first-order valence-electron chi connectivity index (χ1n) is 24.3. The smallest absolute Gasteiger partial charge is 0.410 e. The summed E-state index contributed by atoms with van der Waals surface area (Å²) in [6.07, 6.45) is 13.2. The largest absolute Gasteiger partial charge is 0.507 e. The fourth-order valence-corrected chi connectivity index (χ4v) is 10.3. The summed E-state index contributed by atoms with van der Waals surface area (Å²) >= 11 is 0. The Bertz CT molecular complexity index is 2250. The van der Waals surface area contributed by atoms with Crippen molar-refractivity contribution in [1.29, 1.82) is 0 Å². The van der Waals surface area contributed by atoms with Crippen LogP contribution in [0.5, 0.6) is 5.75 Å². The number of H-pyrrole nitrogens is 1. The summed E-state index contributed by atoms with van der Waals surface area (Å²) in [5.74, 6) is 1.33. The molecule has 1 aromatic carbocycles. The molecule has 2 saturated heterocycles. The van der Waals surface area contributed by atoms with Crippen LogP contribution < -0.4 is 10.2 Å². The van der Waals surface area contributed by atoms with E-state index < -0.39 is 5.60 Å². The van der Waals surface area contributed by atoms with Gasteiger partial charge in [-0.1, -0.05) is 25.0 Å². The summed E-state index contributed by atoms with van der Waals surface area (Å²) in [6.45, 7) is 13.9. The van der Waals surface area contributed by atoms with E-state index in [-0.39, 0.29) is 29.2 Å². The van der Waals surface area contributed by atoms with Gasteiger partial charge in [-0.3, -0.25) is 4.79 Å². The molecule has 16 heteroatoms. The Hall–Kier alpha value is -4.90. The number of benzene rings is 1. The van der Waals surface area contributed by atoms with E-state index in [0.717, 1.165) is 124 Å². The first kappa shape index (κ1) is 47.6. The van der Waals surface area contributed by atoms with Gasteiger partial charge in [-0.15, -0.1) is 10.2 Å². The quantitative estimate of drug-likeness (QED) is 0.0681. The Morgan fingerprint density at radius 3 is 2.38 bits per heavy atom. The van der Waals surface area contributed by atoms with Gasteiger partial charge in [-0.2, -0.15) is 0 Å². The molecule has 4 aliphatic rings.